The lowest BCUT2D eigenvalue weighted by Gasteiger charge is -2.35. The van der Waals surface area contributed by atoms with Gasteiger partial charge in [-0.3, -0.25) is 9.59 Å². The summed E-state index contributed by atoms with van der Waals surface area (Å²) in [6.45, 7) is 6.46. The number of rotatable bonds is 5. The van der Waals surface area contributed by atoms with E-state index < -0.39 is 0 Å². The summed E-state index contributed by atoms with van der Waals surface area (Å²) < 4.78 is 5.36. The lowest BCUT2D eigenvalue weighted by molar-refractivity contribution is -0.126. The van der Waals surface area contributed by atoms with Gasteiger partial charge in [0, 0.05) is 49.1 Å². The molecule has 5 heteroatoms. The highest BCUT2D eigenvalue weighted by molar-refractivity contribution is 5.94. The van der Waals surface area contributed by atoms with Crippen molar-refractivity contribution in [2.45, 2.75) is 13.8 Å². The summed E-state index contributed by atoms with van der Waals surface area (Å²) in [6, 6.07) is 13.6. The van der Waals surface area contributed by atoms with Crippen molar-refractivity contribution in [1.82, 2.24) is 4.90 Å². The van der Waals surface area contributed by atoms with Crippen LogP contribution in [-0.4, -0.2) is 49.9 Å². The summed E-state index contributed by atoms with van der Waals surface area (Å²) in [5.41, 5.74) is 3.82. The van der Waals surface area contributed by atoms with Gasteiger partial charge in [-0.25, -0.2) is 0 Å². The van der Waals surface area contributed by atoms with Crippen molar-refractivity contribution < 1.29 is 14.3 Å². The molecule has 0 unspecified atom stereocenters. The predicted octanol–water partition coefficient (Wildman–Crippen LogP) is 3.57. The highest BCUT2D eigenvalue weighted by Crippen LogP contribution is 2.21. The van der Waals surface area contributed by atoms with Crippen LogP contribution in [0.4, 0.5) is 5.69 Å². The molecule has 1 aliphatic heterocycles. The second kappa shape index (κ2) is 8.74. The molecule has 0 radical (unpaired) electrons. The first kappa shape index (κ1) is 19.7. The van der Waals surface area contributed by atoms with Crippen LogP contribution in [-0.2, 0) is 4.79 Å². The number of aryl methyl sites for hydroxylation is 1. The van der Waals surface area contributed by atoms with E-state index in [4.69, 9.17) is 4.74 Å². The zero-order valence-corrected chi connectivity index (χ0v) is 16.6. The minimum absolute atomic E-state index is 0.00939. The average molecular weight is 378 g/mol. The Morgan fingerprint density at radius 2 is 1.68 bits per heavy atom. The average Bonchev–Trinajstić information content (AvgIpc) is 2.72. The quantitative estimate of drug-likeness (QED) is 0.590. The molecule has 1 heterocycles. The third kappa shape index (κ3) is 4.60. The lowest BCUT2D eigenvalue weighted by Crippen LogP contribution is -2.48. The van der Waals surface area contributed by atoms with Gasteiger partial charge in [0.2, 0.25) is 5.91 Å². The van der Waals surface area contributed by atoms with Crippen molar-refractivity contribution in [3.63, 3.8) is 0 Å². The Morgan fingerprint density at radius 3 is 2.29 bits per heavy atom. The van der Waals surface area contributed by atoms with E-state index in [0.29, 0.717) is 18.7 Å². The molecule has 5 nitrogen and oxygen atoms in total. The number of Topliss-reactive ketones (excluding diaryl/α,β-unsaturated/α-hetero) is 1. The fourth-order valence-corrected chi connectivity index (χ4v) is 3.34. The number of piperazine rings is 1. The highest BCUT2D eigenvalue weighted by atomic mass is 16.5. The Kier molecular flexibility index (Phi) is 6.14. The van der Waals surface area contributed by atoms with Gasteiger partial charge in [0.05, 0.1) is 7.11 Å². The van der Waals surface area contributed by atoms with Crippen LogP contribution in [0.15, 0.2) is 48.5 Å². The number of carbonyl (C=O) groups is 2. The summed E-state index contributed by atoms with van der Waals surface area (Å²) >= 11 is 0. The molecule has 0 saturated carbocycles. The van der Waals surface area contributed by atoms with Crippen LogP contribution in [0.25, 0.3) is 6.08 Å². The van der Waals surface area contributed by atoms with Crippen molar-refractivity contribution >= 4 is 23.5 Å². The van der Waals surface area contributed by atoms with Gasteiger partial charge in [0.25, 0.3) is 0 Å². The van der Waals surface area contributed by atoms with E-state index in [2.05, 4.69) is 4.90 Å². The van der Waals surface area contributed by atoms with E-state index in [-0.39, 0.29) is 11.7 Å². The van der Waals surface area contributed by atoms with E-state index in [1.807, 2.05) is 60.4 Å². The molecule has 0 N–H and O–H groups in total. The molecular formula is C23H26N2O3. The maximum Gasteiger partial charge on any atom is 0.246 e. The molecule has 3 rings (SSSR count). The van der Waals surface area contributed by atoms with Gasteiger partial charge in [0.15, 0.2) is 5.78 Å². The number of benzene rings is 2. The van der Waals surface area contributed by atoms with Crippen LogP contribution in [0.3, 0.4) is 0 Å². The number of hydrogen-bond acceptors (Lipinski definition) is 4. The molecule has 146 valence electrons. The van der Waals surface area contributed by atoms with Gasteiger partial charge in [-0.15, -0.1) is 0 Å². The number of amides is 1. The van der Waals surface area contributed by atoms with Gasteiger partial charge in [-0.1, -0.05) is 11.6 Å². The first-order valence-electron chi connectivity index (χ1n) is 9.45. The molecule has 2 aromatic carbocycles. The highest BCUT2D eigenvalue weighted by Gasteiger charge is 2.20. The largest absolute Gasteiger partial charge is 0.496 e. The number of methoxy groups -OCH3 is 1. The van der Waals surface area contributed by atoms with E-state index in [9.17, 15) is 9.59 Å². The van der Waals surface area contributed by atoms with Crippen molar-refractivity contribution in [1.29, 1.82) is 0 Å². The Hall–Kier alpha value is -3.08. The second-order valence-corrected chi connectivity index (χ2v) is 6.99. The first-order chi connectivity index (χ1) is 13.5. The molecule has 1 saturated heterocycles. The molecular weight excluding hydrogens is 352 g/mol. The van der Waals surface area contributed by atoms with Crippen molar-refractivity contribution in [2.75, 3.05) is 38.2 Å². The van der Waals surface area contributed by atoms with Gasteiger partial charge in [-0.05, 0) is 56.3 Å². The summed E-state index contributed by atoms with van der Waals surface area (Å²) in [7, 11) is 1.63. The van der Waals surface area contributed by atoms with E-state index in [1.165, 1.54) is 0 Å². The number of hydrogen-bond donors (Lipinski definition) is 0. The summed E-state index contributed by atoms with van der Waals surface area (Å²) in [6.07, 6.45) is 3.44. The van der Waals surface area contributed by atoms with E-state index >= 15 is 0 Å². The smallest absolute Gasteiger partial charge is 0.246 e. The molecule has 1 aliphatic rings. The molecule has 0 spiro atoms. The van der Waals surface area contributed by atoms with Crippen molar-refractivity contribution in [3.8, 4) is 5.75 Å². The maximum atomic E-state index is 12.6. The van der Waals surface area contributed by atoms with Crippen LogP contribution in [0.2, 0.25) is 0 Å². The zero-order chi connectivity index (χ0) is 20.1. The Morgan fingerprint density at radius 1 is 1.00 bits per heavy atom. The molecule has 28 heavy (non-hydrogen) atoms. The summed E-state index contributed by atoms with van der Waals surface area (Å²) in [5.74, 6) is 0.836. The van der Waals surface area contributed by atoms with Crippen LogP contribution in [0.1, 0.15) is 28.4 Å². The van der Waals surface area contributed by atoms with Gasteiger partial charge in [-0.2, -0.15) is 0 Å². The SMILES string of the molecule is COc1ccc(C)cc1/C=C/C(=O)N1CCN(c2ccc(C(C)=O)cc2)CC1. The summed E-state index contributed by atoms with van der Waals surface area (Å²) in [4.78, 5) is 28.1. The third-order valence-electron chi connectivity index (χ3n) is 5.02. The molecule has 0 atom stereocenters. The second-order valence-electron chi connectivity index (χ2n) is 6.99. The van der Waals surface area contributed by atoms with Crippen molar-refractivity contribution in [2.24, 2.45) is 0 Å². The first-order valence-corrected chi connectivity index (χ1v) is 9.45. The minimum atomic E-state index is 0.00939. The molecule has 1 amide bonds. The lowest BCUT2D eigenvalue weighted by atomic mass is 10.1. The monoisotopic (exact) mass is 378 g/mol. The number of anilines is 1. The molecule has 0 bridgehead atoms. The maximum absolute atomic E-state index is 12.6. The van der Waals surface area contributed by atoms with Gasteiger partial charge >= 0.3 is 0 Å². The standard InChI is InChI=1S/C23H26N2O3/c1-17-4-10-22(28-3)20(16-17)7-11-23(27)25-14-12-24(13-15-25)21-8-5-19(6-9-21)18(2)26/h4-11,16H,12-15H2,1-3H3/b11-7+. The Labute approximate surface area is 166 Å². The Bertz CT molecular complexity index is 879. The van der Waals surface area contributed by atoms with Crippen LogP contribution < -0.4 is 9.64 Å². The number of ketones is 1. The molecule has 1 fully saturated rings. The Balaban J connectivity index is 1.59. The normalized spacial score (nSPS) is 14.4. The zero-order valence-electron chi connectivity index (χ0n) is 16.6. The van der Waals surface area contributed by atoms with Crippen molar-refractivity contribution in [3.05, 3.63) is 65.2 Å². The van der Waals surface area contributed by atoms with Gasteiger partial charge in [0.1, 0.15) is 5.75 Å². The minimum Gasteiger partial charge on any atom is -0.496 e. The summed E-state index contributed by atoms with van der Waals surface area (Å²) in [5, 5.41) is 0. The molecule has 0 aromatic heterocycles. The fraction of sp³-hybridized carbons (Fsp3) is 0.304. The topological polar surface area (TPSA) is 49.9 Å². The number of ether oxygens (including phenoxy) is 1. The molecule has 0 aliphatic carbocycles. The predicted molar refractivity (Wildman–Crippen MR) is 112 cm³/mol. The van der Waals surface area contributed by atoms with Crippen LogP contribution >= 0.6 is 0 Å². The van der Waals surface area contributed by atoms with Crippen LogP contribution in [0.5, 0.6) is 5.75 Å². The van der Waals surface area contributed by atoms with E-state index in [0.717, 1.165) is 35.7 Å². The van der Waals surface area contributed by atoms with Crippen LogP contribution in [0, 0.1) is 6.92 Å². The van der Waals surface area contributed by atoms with E-state index in [1.54, 1.807) is 20.1 Å². The molecule has 2 aromatic rings. The van der Waals surface area contributed by atoms with Gasteiger partial charge < -0.3 is 14.5 Å². The fourth-order valence-electron chi connectivity index (χ4n) is 3.34. The number of nitrogens with zero attached hydrogens (tertiary/aromatic N) is 2. The number of carbonyl (C=O) groups excluding carboxylic acids is 2. The third-order valence-corrected chi connectivity index (χ3v) is 5.02.